The molecule has 0 radical (unpaired) electrons. The van der Waals surface area contributed by atoms with Crippen LogP contribution in [0, 0.1) is 0 Å². The maximum atomic E-state index is 14.2. The summed E-state index contributed by atoms with van der Waals surface area (Å²) in [4.78, 5) is 22.9. The molecule has 0 unspecified atom stereocenters. The van der Waals surface area contributed by atoms with Gasteiger partial charge in [0.05, 0.1) is 57.0 Å². The highest BCUT2D eigenvalue weighted by Gasteiger charge is 2.47. The van der Waals surface area contributed by atoms with Crippen molar-refractivity contribution >= 4 is 50.5 Å². The maximum Gasteiger partial charge on any atom is 0.416 e. The molecule has 392 valence electrons. The van der Waals surface area contributed by atoms with Crippen LogP contribution in [0.25, 0.3) is 0 Å². The van der Waals surface area contributed by atoms with Crippen LogP contribution >= 0.6 is 0 Å². The molecule has 0 N–H and O–H groups in total. The van der Waals surface area contributed by atoms with Gasteiger partial charge in [-0.05, 0) is 48.2 Å². The van der Waals surface area contributed by atoms with Gasteiger partial charge in [0.2, 0.25) is 5.78 Å². The second-order valence-electron chi connectivity index (χ2n) is 15.9. The van der Waals surface area contributed by atoms with Crippen molar-refractivity contribution in [1.29, 1.82) is 0 Å². The summed E-state index contributed by atoms with van der Waals surface area (Å²) in [5.74, 6) is 0.671. The van der Waals surface area contributed by atoms with Crippen molar-refractivity contribution in [3.8, 4) is 0 Å². The number of alkyl halides is 24. The third-order valence-corrected chi connectivity index (χ3v) is 11.3. The van der Waals surface area contributed by atoms with Crippen LogP contribution in [0.4, 0.5) is 105 Å². The van der Waals surface area contributed by atoms with Gasteiger partial charge < -0.3 is 0 Å². The Morgan fingerprint density at radius 2 is 0.569 bits per heavy atom. The van der Waals surface area contributed by atoms with Crippen LogP contribution in [-0.4, -0.2) is 36.0 Å². The van der Waals surface area contributed by atoms with Crippen LogP contribution in [0.2, 0.25) is 0 Å². The molecule has 0 heterocycles. The monoisotopic (exact) mass is 1090 g/mol. The van der Waals surface area contributed by atoms with E-state index in [2.05, 4.69) is 0 Å². The van der Waals surface area contributed by atoms with E-state index in [4.69, 9.17) is 0 Å². The van der Waals surface area contributed by atoms with Gasteiger partial charge in [0.25, 0.3) is 0 Å². The average molecular weight is 1090 g/mol. The van der Waals surface area contributed by atoms with Crippen LogP contribution in [0.1, 0.15) is 72.1 Å². The minimum atomic E-state index is -6.13. The summed E-state index contributed by atoms with van der Waals surface area (Å²) < 4.78 is 341. The molecule has 5 aromatic carbocycles. The van der Waals surface area contributed by atoms with Gasteiger partial charge >= 0.3 is 49.4 Å². The van der Waals surface area contributed by atoms with E-state index in [9.17, 15) is 115 Å². The molecule has 2 nitrogen and oxygen atoms in total. The summed E-state index contributed by atoms with van der Waals surface area (Å²) in [6.07, 6.45) is -50.7. The number of rotatable bonds is 8. The van der Waals surface area contributed by atoms with Gasteiger partial charge in [-0.1, -0.05) is 66.7 Å². The molecule has 0 saturated heterocycles. The molecule has 0 saturated carbocycles. The van der Waals surface area contributed by atoms with E-state index in [0.29, 0.717) is 16.9 Å². The van der Waals surface area contributed by atoms with Crippen LogP contribution < -0.4 is 21.9 Å². The van der Waals surface area contributed by atoms with Crippen LogP contribution in [0.15, 0.2) is 97.1 Å². The zero-order chi connectivity index (χ0) is 55.3. The highest BCUT2D eigenvalue weighted by Crippen LogP contribution is 2.41. The molecule has 0 bridgehead atoms. The summed E-state index contributed by atoms with van der Waals surface area (Å²) in [5.41, 5.74) is -29.0. The fourth-order valence-electron chi connectivity index (χ4n) is 7.33. The lowest BCUT2D eigenvalue weighted by molar-refractivity contribution is -0.144. The Kier molecular flexibility index (Phi) is 16.2. The van der Waals surface area contributed by atoms with Crippen molar-refractivity contribution in [2.45, 2.75) is 56.3 Å². The summed E-state index contributed by atoms with van der Waals surface area (Å²) in [7, 11) is 0.102. The molecule has 0 aromatic heterocycles. The predicted molar refractivity (Wildman–Crippen MR) is 215 cm³/mol. The third kappa shape index (κ3) is 13.8. The highest BCUT2D eigenvalue weighted by molar-refractivity contribution is 7.96. The van der Waals surface area contributed by atoms with E-state index in [-0.39, 0.29) is 22.5 Å². The number of benzene rings is 5. The van der Waals surface area contributed by atoms with Gasteiger partial charge in [-0.15, -0.1) is 0 Å². The SMILES string of the molecule is CC(=O)c1cccc(C(=O)C[S+](C)C)c1.FC(F)(F)c1cc([B-](c2cc(C(F)(F)F)cc(C(F)(F)F)c2)(c2cc(C(F)(F)F)cc(C(F)(F)F)c2)c2cc(C(F)(F)F)cc(C(F)(F)F)c2)cc(C(F)(F)F)c1. The molecule has 28 heteroatoms. The van der Waals surface area contributed by atoms with Crippen molar-refractivity contribution in [1.82, 2.24) is 0 Å². The lowest BCUT2D eigenvalue weighted by Crippen LogP contribution is -2.75. The zero-order valence-corrected chi connectivity index (χ0v) is 36.6. The van der Waals surface area contributed by atoms with Crippen molar-refractivity contribution in [2.75, 3.05) is 18.3 Å². The second kappa shape index (κ2) is 19.9. The third-order valence-electron chi connectivity index (χ3n) is 10.5. The molecule has 5 rings (SSSR count). The number of carbonyl (C=O) groups excluding carboxylic acids is 2. The van der Waals surface area contributed by atoms with Crippen LogP contribution in [-0.2, 0) is 60.3 Å². The van der Waals surface area contributed by atoms with E-state index < -0.39 is 195 Å². The van der Waals surface area contributed by atoms with Gasteiger partial charge in [-0.3, -0.25) is 9.59 Å². The Labute approximate surface area is 392 Å². The molecular formula is C44H27BF24O2S. The number of hydrogen-bond donors (Lipinski definition) is 0. The van der Waals surface area contributed by atoms with Crippen LogP contribution in [0.3, 0.4) is 0 Å². The molecule has 0 atom stereocenters. The number of halogens is 24. The Hall–Kier alpha value is -5.83. The molecular weight excluding hydrogens is 1060 g/mol. The normalized spacial score (nSPS) is 13.5. The topological polar surface area (TPSA) is 34.1 Å². The summed E-state index contributed by atoms with van der Waals surface area (Å²) >= 11 is 0. The summed E-state index contributed by atoms with van der Waals surface area (Å²) in [6.45, 7) is 1.51. The van der Waals surface area contributed by atoms with Crippen molar-refractivity contribution in [3.63, 3.8) is 0 Å². The molecule has 0 amide bonds. The van der Waals surface area contributed by atoms with Crippen molar-refractivity contribution < 1.29 is 115 Å². The fraction of sp³-hybridized carbons (Fsp3) is 0.273. The average Bonchev–Trinajstić information content (AvgIpc) is 3.21. The minimum Gasteiger partial charge on any atom is -0.295 e. The quantitative estimate of drug-likeness (QED) is 0.0672. The lowest BCUT2D eigenvalue weighted by atomic mass is 9.12. The smallest absolute Gasteiger partial charge is 0.295 e. The number of hydrogen-bond acceptors (Lipinski definition) is 2. The molecule has 5 aromatic rings. The first-order valence-corrected chi connectivity index (χ1v) is 21.5. The number of carbonyl (C=O) groups is 2. The first-order valence-electron chi connectivity index (χ1n) is 19.3. The molecule has 0 spiro atoms. The Balaban J connectivity index is 0.000000639. The van der Waals surface area contributed by atoms with Gasteiger partial charge in [0.1, 0.15) is 6.15 Å². The molecule has 0 aliphatic heterocycles. The first-order chi connectivity index (χ1) is 32.3. The van der Waals surface area contributed by atoms with Crippen molar-refractivity contribution in [2.24, 2.45) is 0 Å². The highest BCUT2D eigenvalue weighted by atomic mass is 32.2. The van der Waals surface area contributed by atoms with E-state index in [1.54, 1.807) is 24.3 Å². The molecule has 0 fully saturated rings. The van der Waals surface area contributed by atoms with Gasteiger partial charge in [-0.2, -0.15) is 127 Å². The Morgan fingerprint density at radius 3 is 0.750 bits per heavy atom. The second-order valence-corrected chi connectivity index (χ2v) is 18.2. The summed E-state index contributed by atoms with van der Waals surface area (Å²) in [5, 5.41) is 0. The Morgan fingerprint density at radius 1 is 0.361 bits per heavy atom. The fourth-order valence-corrected chi connectivity index (χ4v) is 8.02. The van der Waals surface area contributed by atoms with Gasteiger partial charge in [-0.25, -0.2) is 0 Å². The number of Topliss-reactive ketones (excluding diaryl/α,β-unsaturated/α-hetero) is 2. The predicted octanol–water partition coefficient (Wildman–Crippen LogP) is 13.2. The van der Waals surface area contributed by atoms with Gasteiger partial charge in [0, 0.05) is 11.1 Å². The van der Waals surface area contributed by atoms with Crippen molar-refractivity contribution in [3.05, 3.63) is 153 Å². The molecule has 0 aliphatic carbocycles. The largest absolute Gasteiger partial charge is 0.416 e. The Bertz CT molecular complexity index is 2370. The van der Waals surface area contributed by atoms with Gasteiger partial charge in [0.15, 0.2) is 11.5 Å². The summed E-state index contributed by atoms with van der Waals surface area (Å²) in [6, 6.07) is -1.88. The molecule has 72 heavy (non-hydrogen) atoms. The van der Waals surface area contributed by atoms with E-state index in [0.717, 1.165) is 0 Å². The maximum absolute atomic E-state index is 14.2. The lowest BCUT2D eigenvalue weighted by Gasteiger charge is -2.46. The minimum absolute atomic E-state index is 0.00311. The number of ketones is 2. The standard InChI is InChI=1S/C32H12BF24.C12H15O2S/c34-25(35,36)13-1-14(26(37,38)39)6-21(5-13)33(22-7-15(27(40,41)42)2-16(8-22)28(43,44)45,23-9-17(29(46,47)48)3-18(10-23)30(49,50)51)24-11-19(31(52,53)54)4-20(12-24)32(55,56)57;1-9(13)10-5-4-6-11(7-10)12(14)8-15(2)3/h1-12H;4-7H,8H2,1-3H3/q-1;+1. The van der Waals surface area contributed by atoms with E-state index >= 15 is 0 Å². The zero-order valence-electron chi connectivity index (χ0n) is 35.8. The molecule has 0 aliphatic rings. The van der Waals surface area contributed by atoms with E-state index in [1.165, 1.54) is 6.92 Å². The van der Waals surface area contributed by atoms with E-state index in [1.807, 2.05) is 12.5 Å². The van der Waals surface area contributed by atoms with Crippen LogP contribution in [0.5, 0.6) is 0 Å². The first kappa shape index (κ1) is 58.7.